The number of sulfonamides is 1. The minimum atomic E-state index is -3.52. The van der Waals surface area contributed by atoms with Crippen LogP contribution >= 0.6 is 0 Å². The topological polar surface area (TPSA) is 71.4 Å². The van der Waals surface area contributed by atoms with Gasteiger partial charge in [-0.1, -0.05) is 33.1 Å². The van der Waals surface area contributed by atoms with E-state index in [0.29, 0.717) is 18.8 Å². The summed E-state index contributed by atoms with van der Waals surface area (Å²) in [5.41, 5.74) is 1.41. The molecule has 1 amide bonds. The molecule has 0 radical (unpaired) electrons. The number of aromatic nitrogens is 1. The molecule has 1 aromatic carbocycles. The van der Waals surface area contributed by atoms with Crippen molar-refractivity contribution in [3.63, 3.8) is 0 Å². The molecule has 1 saturated carbocycles. The van der Waals surface area contributed by atoms with Crippen molar-refractivity contribution >= 4 is 26.8 Å². The molecule has 0 atom stereocenters. The summed E-state index contributed by atoms with van der Waals surface area (Å²) >= 11 is 0. The smallest absolute Gasteiger partial charge is 0.268 e. The lowest BCUT2D eigenvalue weighted by molar-refractivity contribution is 0.0920. The van der Waals surface area contributed by atoms with Gasteiger partial charge >= 0.3 is 0 Å². The molecule has 0 unspecified atom stereocenters. The van der Waals surface area contributed by atoms with Crippen LogP contribution in [0.25, 0.3) is 10.9 Å². The summed E-state index contributed by atoms with van der Waals surface area (Å²) in [5.74, 6) is -0.0891. The largest absolute Gasteiger partial charge is 0.348 e. The van der Waals surface area contributed by atoms with Gasteiger partial charge in [-0.05, 0) is 37.1 Å². The number of rotatable bonds is 6. The van der Waals surface area contributed by atoms with E-state index < -0.39 is 10.0 Å². The highest BCUT2D eigenvalue weighted by atomic mass is 32.2. The van der Waals surface area contributed by atoms with Crippen LogP contribution < -0.4 is 5.32 Å². The number of aryl methyl sites for hydroxylation is 1. The van der Waals surface area contributed by atoms with Gasteiger partial charge in [0.25, 0.3) is 5.91 Å². The molecule has 0 bridgehead atoms. The molecular weight excluding hydrogens is 362 g/mol. The summed E-state index contributed by atoms with van der Waals surface area (Å²) in [6.07, 6.45) is 5.62. The number of carbonyl (C=O) groups is 1. The van der Waals surface area contributed by atoms with E-state index in [9.17, 15) is 13.2 Å². The first kappa shape index (κ1) is 19.9. The second-order valence-electron chi connectivity index (χ2n) is 7.21. The number of nitrogens with zero attached hydrogens (tertiary/aromatic N) is 2. The maximum absolute atomic E-state index is 12.8. The second kappa shape index (κ2) is 8.02. The highest BCUT2D eigenvalue weighted by molar-refractivity contribution is 7.89. The van der Waals surface area contributed by atoms with Crippen molar-refractivity contribution in [3.8, 4) is 0 Å². The van der Waals surface area contributed by atoms with Gasteiger partial charge in [0.1, 0.15) is 5.69 Å². The molecule has 27 heavy (non-hydrogen) atoms. The summed E-state index contributed by atoms with van der Waals surface area (Å²) in [4.78, 5) is 13.0. The molecular formula is C20H29N3O3S. The van der Waals surface area contributed by atoms with E-state index >= 15 is 0 Å². The molecule has 6 nitrogen and oxygen atoms in total. The van der Waals surface area contributed by atoms with E-state index in [2.05, 4.69) is 5.32 Å². The summed E-state index contributed by atoms with van der Waals surface area (Å²) in [5, 5.41) is 3.90. The normalized spacial score (nSPS) is 16.1. The molecule has 1 aliphatic carbocycles. The fraction of sp³-hybridized carbons (Fsp3) is 0.550. The molecule has 1 aromatic heterocycles. The van der Waals surface area contributed by atoms with Crippen molar-refractivity contribution < 1.29 is 13.2 Å². The lowest BCUT2D eigenvalue weighted by Gasteiger charge is -2.22. The fourth-order valence-corrected chi connectivity index (χ4v) is 5.42. The minimum Gasteiger partial charge on any atom is -0.348 e. The van der Waals surface area contributed by atoms with Crippen LogP contribution in [0, 0.1) is 0 Å². The zero-order valence-corrected chi connectivity index (χ0v) is 17.2. The summed E-state index contributed by atoms with van der Waals surface area (Å²) in [7, 11) is -1.67. The van der Waals surface area contributed by atoms with Gasteiger partial charge in [-0.3, -0.25) is 4.79 Å². The van der Waals surface area contributed by atoms with Crippen LogP contribution in [-0.4, -0.2) is 42.3 Å². The standard InChI is InChI=1S/C20H29N3O3S/c1-4-23(5-2)27(25,26)17-11-12-18-15(13-17)14-19(22(18)3)20(24)21-16-9-7-6-8-10-16/h11-14,16H,4-10H2,1-3H3,(H,21,24). The van der Waals surface area contributed by atoms with E-state index in [0.717, 1.165) is 36.6 Å². The Morgan fingerprint density at radius 2 is 1.81 bits per heavy atom. The number of fused-ring (bicyclic) bond motifs is 1. The molecule has 0 saturated heterocycles. The monoisotopic (exact) mass is 391 g/mol. The third kappa shape index (κ3) is 3.89. The van der Waals surface area contributed by atoms with Gasteiger partial charge in [-0.2, -0.15) is 4.31 Å². The Morgan fingerprint density at radius 3 is 2.44 bits per heavy atom. The second-order valence-corrected chi connectivity index (χ2v) is 9.14. The zero-order valence-electron chi connectivity index (χ0n) is 16.4. The maximum atomic E-state index is 12.8. The molecule has 1 heterocycles. The molecule has 1 N–H and O–H groups in total. The molecule has 7 heteroatoms. The van der Waals surface area contributed by atoms with Gasteiger partial charge in [0.05, 0.1) is 4.90 Å². The number of nitrogens with one attached hydrogen (secondary N) is 1. The molecule has 148 valence electrons. The van der Waals surface area contributed by atoms with Crippen molar-refractivity contribution in [2.24, 2.45) is 7.05 Å². The Hall–Kier alpha value is -1.86. The Labute approximate surface area is 161 Å². The maximum Gasteiger partial charge on any atom is 0.268 e. The van der Waals surface area contributed by atoms with Crippen LogP contribution in [0.5, 0.6) is 0 Å². The number of carbonyl (C=O) groups excluding carboxylic acids is 1. The Bertz CT molecular complexity index is 923. The minimum absolute atomic E-state index is 0.0891. The van der Waals surface area contributed by atoms with Crippen LogP contribution in [0.3, 0.4) is 0 Å². The molecule has 1 aliphatic rings. The third-order valence-corrected chi connectivity index (χ3v) is 7.58. The average molecular weight is 392 g/mol. The molecule has 1 fully saturated rings. The van der Waals surface area contributed by atoms with Crippen LogP contribution in [0.1, 0.15) is 56.4 Å². The highest BCUT2D eigenvalue weighted by Crippen LogP contribution is 2.25. The number of amides is 1. The van der Waals surface area contributed by atoms with Gasteiger partial charge < -0.3 is 9.88 Å². The average Bonchev–Trinajstić information content (AvgIpc) is 2.99. The Balaban J connectivity index is 1.91. The Kier molecular flexibility index (Phi) is 5.91. The lowest BCUT2D eigenvalue weighted by Crippen LogP contribution is -2.36. The van der Waals surface area contributed by atoms with E-state index in [1.165, 1.54) is 10.7 Å². The van der Waals surface area contributed by atoms with Crippen molar-refractivity contribution in [3.05, 3.63) is 30.0 Å². The summed E-state index contributed by atoms with van der Waals surface area (Å²) < 4.78 is 28.8. The van der Waals surface area contributed by atoms with Crippen molar-refractivity contribution in [1.82, 2.24) is 14.2 Å². The predicted octanol–water partition coefficient (Wildman–Crippen LogP) is 3.27. The first-order chi connectivity index (χ1) is 12.9. The van der Waals surface area contributed by atoms with Crippen LogP contribution in [0.4, 0.5) is 0 Å². The van der Waals surface area contributed by atoms with Crippen LogP contribution in [0.2, 0.25) is 0 Å². The molecule has 2 aromatic rings. The van der Waals surface area contributed by atoms with E-state index in [1.54, 1.807) is 24.3 Å². The molecule has 0 aliphatic heterocycles. The lowest BCUT2D eigenvalue weighted by atomic mass is 9.95. The van der Waals surface area contributed by atoms with Crippen LogP contribution in [-0.2, 0) is 17.1 Å². The van der Waals surface area contributed by atoms with E-state index in [1.807, 2.05) is 25.5 Å². The Morgan fingerprint density at radius 1 is 1.15 bits per heavy atom. The van der Waals surface area contributed by atoms with Crippen molar-refractivity contribution in [1.29, 1.82) is 0 Å². The fourth-order valence-electron chi connectivity index (χ4n) is 3.92. The SMILES string of the molecule is CCN(CC)S(=O)(=O)c1ccc2c(c1)cc(C(=O)NC1CCCCC1)n2C. The highest BCUT2D eigenvalue weighted by Gasteiger charge is 2.24. The van der Waals surface area contributed by atoms with Crippen molar-refractivity contribution in [2.45, 2.75) is 56.9 Å². The van der Waals surface area contributed by atoms with Gasteiger partial charge in [0, 0.05) is 37.1 Å². The van der Waals surface area contributed by atoms with E-state index in [-0.39, 0.29) is 16.8 Å². The number of benzene rings is 1. The molecule has 0 spiro atoms. The number of hydrogen-bond acceptors (Lipinski definition) is 3. The van der Waals surface area contributed by atoms with Crippen molar-refractivity contribution in [2.75, 3.05) is 13.1 Å². The summed E-state index contributed by atoms with van der Waals surface area (Å²) in [6, 6.07) is 7.10. The zero-order chi connectivity index (χ0) is 19.6. The van der Waals surface area contributed by atoms with Gasteiger partial charge in [-0.25, -0.2) is 8.42 Å². The first-order valence-electron chi connectivity index (χ1n) is 9.79. The third-order valence-electron chi connectivity index (χ3n) is 5.53. The first-order valence-corrected chi connectivity index (χ1v) is 11.2. The van der Waals surface area contributed by atoms with Gasteiger partial charge in [0.15, 0.2) is 0 Å². The van der Waals surface area contributed by atoms with Gasteiger partial charge in [-0.15, -0.1) is 0 Å². The molecule has 3 rings (SSSR count). The van der Waals surface area contributed by atoms with Gasteiger partial charge in [0.2, 0.25) is 10.0 Å². The number of hydrogen-bond donors (Lipinski definition) is 1. The van der Waals surface area contributed by atoms with E-state index in [4.69, 9.17) is 0 Å². The van der Waals surface area contributed by atoms with Crippen LogP contribution in [0.15, 0.2) is 29.2 Å². The summed E-state index contributed by atoms with van der Waals surface area (Å²) in [6.45, 7) is 4.52. The predicted molar refractivity (Wildman–Crippen MR) is 107 cm³/mol. The quantitative estimate of drug-likeness (QED) is 0.821.